The number of alkyl halides is 17. The fourth-order valence-electron chi connectivity index (χ4n) is 6.61. The molecule has 0 aliphatic carbocycles. The Labute approximate surface area is 379 Å². The van der Waals surface area contributed by atoms with E-state index in [1.165, 1.54) is 82.8 Å². The molecule has 2 aromatic carbocycles. The van der Waals surface area contributed by atoms with Crippen molar-refractivity contribution < 1.29 is 108 Å². The Hall–Kier alpha value is -4.79. The lowest BCUT2D eigenvalue weighted by molar-refractivity contribution is -0.461. The van der Waals surface area contributed by atoms with E-state index in [2.05, 4.69) is 5.32 Å². The number of methoxy groups -OCH3 is 1. The summed E-state index contributed by atoms with van der Waals surface area (Å²) in [6.45, 7) is 7.45. The zero-order valence-electron chi connectivity index (χ0n) is 36.8. The van der Waals surface area contributed by atoms with Gasteiger partial charge in [0, 0.05) is 24.1 Å². The van der Waals surface area contributed by atoms with E-state index in [9.17, 15) is 75.4 Å². The second-order valence-electron chi connectivity index (χ2n) is 15.9. The quantitative estimate of drug-likeness (QED) is 0.0182. The molecule has 0 bridgehead atoms. The number of hydroxylamine groups is 1. The highest BCUT2D eigenvalue weighted by Gasteiger charge is 2.95. The van der Waals surface area contributed by atoms with Gasteiger partial charge >= 0.3 is 53.7 Å². The molecule has 0 aromatic heterocycles. The van der Waals surface area contributed by atoms with Crippen molar-refractivity contribution in [3.8, 4) is 11.5 Å². The summed E-state index contributed by atoms with van der Waals surface area (Å²) in [5.41, 5.74) is 0.758. The predicted molar refractivity (Wildman–Crippen MR) is 212 cm³/mol. The molecule has 0 heterocycles. The lowest BCUT2D eigenvalue weighted by Gasteiger charge is -2.44. The summed E-state index contributed by atoms with van der Waals surface area (Å²) in [5, 5.41) is 11.3. The van der Waals surface area contributed by atoms with Gasteiger partial charge in [0.15, 0.2) is 8.32 Å². The molecule has 2 aromatic rings. The molecule has 9 nitrogen and oxygen atoms in total. The highest BCUT2D eigenvalue weighted by molar-refractivity contribution is 6.76. The average molecular weight is 1030 g/mol. The Morgan fingerprint density at radius 2 is 1.15 bits per heavy atom. The minimum atomic E-state index is -8.71. The zero-order valence-corrected chi connectivity index (χ0v) is 37.8. The second kappa shape index (κ2) is 21.9. The van der Waals surface area contributed by atoms with Crippen molar-refractivity contribution in [2.24, 2.45) is 5.92 Å². The van der Waals surface area contributed by atoms with E-state index < -0.39 is 117 Å². The van der Waals surface area contributed by atoms with Crippen LogP contribution < -0.4 is 20.3 Å². The highest BCUT2D eigenvalue weighted by atomic mass is 28.4. The van der Waals surface area contributed by atoms with Crippen molar-refractivity contribution in [2.75, 3.05) is 25.6 Å². The fraction of sp³-hybridized carbons (Fsp3) is 0.561. The Morgan fingerprint density at radius 3 is 1.60 bits per heavy atom. The SMILES string of the molecule is COc1ccc(NC(=O)O[C@H](c2ccc(OCCO[Si](CCC(F)(F)C(F)(F)C(F)(F)C(F)(F)C(F)(F)C(F)(F)C(F)(F)C(F)(F)F)(C(C)C)C(C)C)cc2)[C@@H](C)/C=C/C(C)=C/C(=O)NO)cc1. The number of rotatable bonds is 24. The number of nitrogens with one attached hydrogen (secondary N) is 2. The molecule has 68 heavy (non-hydrogen) atoms. The first-order valence-electron chi connectivity index (χ1n) is 19.9. The van der Waals surface area contributed by atoms with Crippen molar-refractivity contribution in [1.82, 2.24) is 5.48 Å². The van der Waals surface area contributed by atoms with Crippen LogP contribution in [0.3, 0.4) is 0 Å². The van der Waals surface area contributed by atoms with Crippen LogP contribution in [0.2, 0.25) is 17.1 Å². The third-order valence-electron chi connectivity index (χ3n) is 10.7. The maximum atomic E-state index is 15.0. The molecule has 0 spiro atoms. The van der Waals surface area contributed by atoms with Crippen LogP contribution in [0.5, 0.6) is 11.5 Å². The van der Waals surface area contributed by atoms with Crippen molar-refractivity contribution in [3.05, 3.63) is 77.9 Å². The van der Waals surface area contributed by atoms with E-state index in [1.54, 1.807) is 32.1 Å². The minimum absolute atomic E-state index is 0.0989. The largest absolute Gasteiger partial charge is 0.497 e. The third-order valence-corrected chi connectivity index (χ3v) is 16.4. The normalized spacial score (nSPS) is 15.1. The number of anilines is 1. The van der Waals surface area contributed by atoms with Gasteiger partial charge < -0.3 is 18.6 Å². The van der Waals surface area contributed by atoms with Gasteiger partial charge in [0.2, 0.25) is 0 Å². The number of amides is 2. The number of halogens is 17. The first-order valence-corrected chi connectivity index (χ1v) is 22.1. The van der Waals surface area contributed by atoms with Crippen LogP contribution in [0.1, 0.15) is 59.6 Å². The standard InChI is InChI=1S/C41H47F17N2O7Si/c1-23(2)68(24(3)4,21-18-34(42,43)35(44,45)36(46,47)37(48,49)38(50,51)39(52,53)40(54,55)41(56,57)58)66-20-19-65-30-14-10-27(11-15-30)32(26(6)9-8-25(5)22-31(61)60-63)67-33(62)59-28-12-16-29(64-7)17-13-28/h8-17,22-24,26,32,63H,18-21H2,1-7H3,(H,59,62)(H,60,61)/b9-8+,25-22+/t26-,32-/m0/s1. The molecule has 0 saturated carbocycles. The lowest BCUT2D eigenvalue weighted by Crippen LogP contribution is -2.74. The number of ether oxygens (including phenoxy) is 3. The van der Waals surface area contributed by atoms with Crippen LogP contribution in [0.4, 0.5) is 85.1 Å². The van der Waals surface area contributed by atoms with E-state index >= 15 is 8.78 Å². The Morgan fingerprint density at radius 1 is 0.676 bits per heavy atom. The van der Waals surface area contributed by atoms with Crippen LogP contribution in [0.25, 0.3) is 0 Å². The maximum Gasteiger partial charge on any atom is 0.460 e. The van der Waals surface area contributed by atoms with Crippen LogP contribution in [0, 0.1) is 5.92 Å². The van der Waals surface area contributed by atoms with Crippen LogP contribution in [-0.4, -0.2) is 93.5 Å². The Balaban J connectivity index is 2.33. The number of allylic oxidation sites excluding steroid dienone is 2. The van der Waals surface area contributed by atoms with Gasteiger partial charge in [-0.25, -0.2) is 10.3 Å². The average Bonchev–Trinajstić information content (AvgIpc) is 3.23. The number of carbonyl (C=O) groups excluding carboxylic acids is 2. The Bertz CT molecular complexity index is 2040. The molecule has 0 radical (unpaired) electrons. The number of hydrogen-bond acceptors (Lipinski definition) is 7. The summed E-state index contributed by atoms with van der Waals surface area (Å²) in [4.78, 5) is 24.5. The first-order chi connectivity index (χ1) is 30.8. The molecule has 27 heteroatoms. The minimum Gasteiger partial charge on any atom is -0.497 e. The predicted octanol–water partition coefficient (Wildman–Crippen LogP) is 13.2. The second-order valence-corrected chi connectivity index (χ2v) is 20.9. The van der Waals surface area contributed by atoms with Crippen LogP contribution in [-0.2, 0) is 14.0 Å². The molecule has 2 rings (SSSR count). The van der Waals surface area contributed by atoms with Crippen molar-refractivity contribution in [1.29, 1.82) is 0 Å². The smallest absolute Gasteiger partial charge is 0.460 e. The topological polar surface area (TPSA) is 115 Å². The molecule has 0 fully saturated rings. The van der Waals surface area contributed by atoms with Gasteiger partial charge in [-0.05, 0) is 71.6 Å². The molecule has 0 saturated heterocycles. The molecule has 386 valence electrons. The fourth-order valence-corrected chi connectivity index (χ4v) is 11.1. The summed E-state index contributed by atoms with van der Waals surface area (Å²) < 4.78 is 258. The monoisotopic (exact) mass is 1030 g/mol. The van der Waals surface area contributed by atoms with Crippen molar-refractivity contribution >= 4 is 26.0 Å². The van der Waals surface area contributed by atoms with Gasteiger partial charge in [0.1, 0.15) is 24.2 Å². The highest BCUT2D eigenvalue weighted by Crippen LogP contribution is 2.64. The Kier molecular flexibility index (Phi) is 19.1. The van der Waals surface area contributed by atoms with Gasteiger partial charge in [0.05, 0.1) is 13.7 Å². The molecular weight excluding hydrogens is 984 g/mol. The summed E-state index contributed by atoms with van der Waals surface area (Å²) in [6.07, 6.45) is -8.15. The van der Waals surface area contributed by atoms with E-state index in [-0.39, 0.29) is 5.75 Å². The van der Waals surface area contributed by atoms with E-state index in [0.717, 1.165) is 6.08 Å². The van der Waals surface area contributed by atoms with Crippen LogP contribution >= 0.6 is 0 Å². The molecule has 0 aliphatic heterocycles. The number of hydrogen-bond donors (Lipinski definition) is 3. The summed E-state index contributed by atoms with van der Waals surface area (Å²) >= 11 is 0. The van der Waals surface area contributed by atoms with Crippen molar-refractivity contribution in [3.63, 3.8) is 0 Å². The van der Waals surface area contributed by atoms with E-state index in [0.29, 0.717) is 22.6 Å². The summed E-state index contributed by atoms with van der Waals surface area (Å²) in [5.74, 6) is -57.7. The molecule has 2 amide bonds. The number of carbonyl (C=O) groups is 2. The van der Waals surface area contributed by atoms with Gasteiger partial charge in [0.25, 0.3) is 5.91 Å². The van der Waals surface area contributed by atoms with E-state index in [1.807, 2.05) is 0 Å². The van der Waals surface area contributed by atoms with Crippen LogP contribution in [0.15, 0.2) is 72.3 Å². The van der Waals surface area contributed by atoms with Gasteiger partial charge in [-0.3, -0.25) is 15.3 Å². The number of benzene rings is 2. The summed E-state index contributed by atoms with van der Waals surface area (Å²) in [7, 11) is -2.59. The summed E-state index contributed by atoms with van der Waals surface area (Å²) in [6, 6.07) is 10.6. The first kappa shape index (κ1) is 59.3. The van der Waals surface area contributed by atoms with Gasteiger partial charge in [-0.1, -0.05) is 58.9 Å². The maximum absolute atomic E-state index is 15.0. The molecule has 0 unspecified atom stereocenters. The van der Waals surface area contributed by atoms with Crippen molar-refractivity contribution in [2.45, 2.75) is 119 Å². The molecular formula is C41H47F17N2O7Si. The lowest BCUT2D eigenvalue weighted by atomic mass is 9.88. The molecule has 2 atom stereocenters. The molecule has 0 aliphatic rings. The molecule has 3 N–H and O–H groups in total. The van der Waals surface area contributed by atoms with Gasteiger partial charge in [-0.15, -0.1) is 0 Å². The van der Waals surface area contributed by atoms with Gasteiger partial charge in [-0.2, -0.15) is 74.6 Å². The zero-order chi connectivity index (χ0) is 52.7. The van der Waals surface area contributed by atoms with E-state index in [4.69, 9.17) is 23.8 Å². The third kappa shape index (κ3) is 12.3.